The van der Waals surface area contributed by atoms with E-state index in [0.29, 0.717) is 5.75 Å². The Morgan fingerprint density at radius 1 is 1.00 bits per heavy atom. The standard InChI is InChI=1S/C23H23N3O7/c1-15(2)24(23(28)17-10-18(25(29)30)12-19(11-17)26(31)32)13-20(27)14-33-22-9-5-7-16-6-3-4-8-21(16)22/h3-12,15,20,27H,13-14H2,1-2H3/t20-/m1/s1. The first-order valence-electron chi connectivity index (χ1n) is 10.2. The van der Waals surface area contributed by atoms with Crippen LogP contribution >= 0.6 is 0 Å². The molecule has 0 saturated heterocycles. The van der Waals surface area contributed by atoms with Crippen molar-refractivity contribution >= 4 is 28.1 Å². The van der Waals surface area contributed by atoms with Gasteiger partial charge in [0.05, 0.1) is 28.0 Å². The minimum Gasteiger partial charge on any atom is -0.490 e. The number of benzene rings is 3. The van der Waals surface area contributed by atoms with Crippen LogP contribution in [0.1, 0.15) is 24.2 Å². The molecule has 33 heavy (non-hydrogen) atoms. The first-order chi connectivity index (χ1) is 15.7. The summed E-state index contributed by atoms with van der Waals surface area (Å²) < 4.78 is 5.78. The zero-order valence-electron chi connectivity index (χ0n) is 18.1. The van der Waals surface area contributed by atoms with Crippen LogP contribution in [0.4, 0.5) is 11.4 Å². The molecular formula is C23H23N3O7. The molecule has 1 N–H and O–H groups in total. The van der Waals surface area contributed by atoms with Gasteiger partial charge in [-0.15, -0.1) is 0 Å². The van der Waals surface area contributed by atoms with Crippen molar-refractivity contribution in [1.82, 2.24) is 4.90 Å². The number of carbonyl (C=O) groups is 1. The summed E-state index contributed by atoms with van der Waals surface area (Å²) in [6, 6.07) is 15.6. The summed E-state index contributed by atoms with van der Waals surface area (Å²) >= 11 is 0. The van der Waals surface area contributed by atoms with Gasteiger partial charge in [0.15, 0.2) is 0 Å². The van der Waals surface area contributed by atoms with E-state index in [1.165, 1.54) is 4.90 Å². The quantitative estimate of drug-likeness (QED) is 0.383. The van der Waals surface area contributed by atoms with Gasteiger partial charge in [-0.1, -0.05) is 36.4 Å². The van der Waals surface area contributed by atoms with Gasteiger partial charge >= 0.3 is 0 Å². The molecule has 0 fully saturated rings. The number of fused-ring (bicyclic) bond motifs is 1. The fraction of sp³-hybridized carbons (Fsp3) is 0.261. The van der Waals surface area contributed by atoms with Crippen LogP contribution in [0.2, 0.25) is 0 Å². The Morgan fingerprint density at radius 3 is 2.21 bits per heavy atom. The molecule has 0 spiro atoms. The van der Waals surface area contributed by atoms with Crippen molar-refractivity contribution in [1.29, 1.82) is 0 Å². The number of nitrogens with zero attached hydrogens (tertiary/aromatic N) is 3. The lowest BCUT2D eigenvalue weighted by Gasteiger charge is -2.29. The zero-order valence-corrected chi connectivity index (χ0v) is 18.1. The summed E-state index contributed by atoms with van der Waals surface area (Å²) in [5, 5.41) is 34.7. The van der Waals surface area contributed by atoms with Crippen LogP contribution in [0.5, 0.6) is 5.75 Å². The van der Waals surface area contributed by atoms with Crippen molar-refractivity contribution in [2.45, 2.75) is 26.0 Å². The molecule has 0 radical (unpaired) electrons. The van der Waals surface area contributed by atoms with Crippen LogP contribution < -0.4 is 4.74 Å². The highest BCUT2D eigenvalue weighted by molar-refractivity contribution is 5.96. The Hall–Kier alpha value is -4.05. The Morgan fingerprint density at radius 2 is 1.61 bits per heavy atom. The molecule has 0 aliphatic heterocycles. The molecule has 172 valence electrons. The van der Waals surface area contributed by atoms with Gasteiger partial charge in [0.2, 0.25) is 0 Å². The predicted octanol–water partition coefficient (Wildman–Crippen LogP) is 3.95. The first kappa shape index (κ1) is 23.6. The average molecular weight is 453 g/mol. The van der Waals surface area contributed by atoms with Crippen molar-refractivity contribution < 1.29 is 24.5 Å². The van der Waals surface area contributed by atoms with Crippen LogP contribution in [-0.2, 0) is 0 Å². The van der Waals surface area contributed by atoms with E-state index in [-0.39, 0.29) is 24.8 Å². The number of nitro groups is 2. The smallest absolute Gasteiger partial charge is 0.277 e. The van der Waals surface area contributed by atoms with Gasteiger partial charge in [0.25, 0.3) is 17.3 Å². The molecule has 3 aromatic rings. The van der Waals surface area contributed by atoms with E-state index in [1.54, 1.807) is 19.9 Å². The molecule has 0 heterocycles. The monoisotopic (exact) mass is 453 g/mol. The van der Waals surface area contributed by atoms with E-state index in [4.69, 9.17) is 4.74 Å². The van der Waals surface area contributed by atoms with Gasteiger partial charge in [-0.05, 0) is 25.3 Å². The Kier molecular flexibility index (Phi) is 7.19. The van der Waals surface area contributed by atoms with Crippen molar-refractivity contribution in [2.75, 3.05) is 13.2 Å². The summed E-state index contributed by atoms with van der Waals surface area (Å²) in [6.07, 6.45) is -1.07. The van der Waals surface area contributed by atoms with E-state index in [0.717, 1.165) is 29.0 Å². The molecule has 10 nitrogen and oxygen atoms in total. The third-order valence-electron chi connectivity index (χ3n) is 5.04. The van der Waals surface area contributed by atoms with Crippen LogP contribution in [0, 0.1) is 20.2 Å². The fourth-order valence-electron chi connectivity index (χ4n) is 3.41. The number of hydrogen-bond donors (Lipinski definition) is 1. The van der Waals surface area contributed by atoms with Gasteiger partial charge in [-0.25, -0.2) is 0 Å². The number of non-ortho nitro benzene ring substituents is 2. The van der Waals surface area contributed by atoms with Crippen molar-refractivity contribution in [2.24, 2.45) is 0 Å². The number of rotatable bonds is 9. The summed E-state index contributed by atoms with van der Waals surface area (Å²) in [7, 11) is 0. The molecule has 10 heteroatoms. The van der Waals surface area contributed by atoms with E-state index < -0.39 is 33.2 Å². The largest absolute Gasteiger partial charge is 0.490 e. The second-order valence-electron chi connectivity index (χ2n) is 7.75. The second-order valence-corrected chi connectivity index (χ2v) is 7.75. The number of nitro benzene ring substituents is 2. The minimum absolute atomic E-state index is 0.0976. The summed E-state index contributed by atoms with van der Waals surface area (Å²) in [5.74, 6) is -0.0788. The third-order valence-corrected chi connectivity index (χ3v) is 5.04. The Bertz CT molecular complexity index is 1160. The summed E-state index contributed by atoms with van der Waals surface area (Å²) in [5.41, 5.74) is -1.32. The maximum atomic E-state index is 13.0. The molecule has 0 saturated carbocycles. The topological polar surface area (TPSA) is 136 Å². The van der Waals surface area contributed by atoms with Crippen LogP contribution in [0.25, 0.3) is 10.8 Å². The predicted molar refractivity (Wildman–Crippen MR) is 121 cm³/mol. The lowest BCUT2D eigenvalue weighted by molar-refractivity contribution is -0.394. The normalized spacial score (nSPS) is 11.9. The zero-order chi connectivity index (χ0) is 24.1. The minimum atomic E-state index is -1.07. The summed E-state index contributed by atoms with van der Waals surface area (Å²) in [6.45, 7) is 3.20. The molecule has 0 unspecified atom stereocenters. The molecule has 0 bridgehead atoms. The molecule has 1 atom stereocenters. The molecule has 1 amide bonds. The highest BCUT2D eigenvalue weighted by Gasteiger charge is 2.26. The highest BCUT2D eigenvalue weighted by Crippen LogP contribution is 2.26. The number of ether oxygens (including phenoxy) is 1. The fourth-order valence-corrected chi connectivity index (χ4v) is 3.41. The SMILES string of the molecule is CC(C)N(C[C@@H](O)COc1cccc2ccccc12)C(=O)c1cc([N+](=O)[O-])cc([N+](=O)[O-])c1. The lowest BCUT2D eigenvalue weighted by atomic mass is 10.1. The maximum absolute atomic E-state index is 13.0. The van der Waals surface area contributed by atoms with E-state index in [1.807, 2.05) is 36.4 Å². The number of amides is 1. The average Bonchev–Trinajstić information content (AvgIpc) is 2.80. The van der Waals surface area contributed by atoms with E-state index in [9.17, 15) is 30.1 Å². The van der Waals surface area contributed by atoms with E-state index in [2.05, 4.69) is 0 Å². The number of aliphatic hydroxyl groups is 1. The van der Waals surface area contributed by atoms with Crippen molar-refractivity contribution in [3.63, 3.8) is 0 Å². The molecule has 3 rings (SSSR count). The van der Waals surface area contributed by atoms with Gasteiger partial charge in [-0.2, -0.15) is 0 Å². The van der Waals surface area contributed by atoms with Crippen molar-refractivity contribution in [3.8, 4) is 5.75 Å². The van der Waals surface area contributed by atoms with Crippen molar-refractivity contribution in [3.05, 3.63) is 86.5 Å². The molecule has 0 aliphatic rings. The van der Waals surface area contributed by atoms with Gasteiger partial charge < -0.3 is 14.7 Å². The number of carbonyl (C=O) groups excluding carboxylic acids is 1. The van der Waals surface area contributed by atoms with E-state index >= 15 is 0 Å². The maximum Gasteiger partial charge on any atom is 0.277 e. The highest BCUT2D eigenvalue weighted by atomic mass is 16.6. The lowest BCUT2D eigenvalue weighted by Crippen LogP contribution is -2.43. The summed E-state index contributed by atoms with van der Waals surface area (Å²) in [4.78, 5) is 35.0. The Labute approximate surface area is 189 Å². The number of hydrogen-bond acceptors (Lipinski definition) is 7. The van der Waals surface area contributed by atoms with Crippen LogP contribution in [0.3, 0.4) is 0 Å². The second kappa shape index (κ2) is 10.0. The number of aliphatic hydroxyl groups excluding tert-OH is 1. The molecular weight excluding hydrogens is 430 g/mol. The van der Waals surface area contributed by atoms with Gasteiger partial charge in [-0.3, -0.25) is 25.0 Å². The molecule has 3 aromatic carbocycles. The third kappa shape index (κ3) is 5.60. The van der Waals surface area contributed by atoms with Crippen LogP contribution in [-0.4, -0.2) is 51.1 Å². The van der Waals surface area contributed by atoms with Gasteiger partial charge in [0, 0.05) is 23.6 Å². The van der Waals surface area contributed by atoms with Gasteiger partial charge in [0.1, 0.15) is 18.5 Å². The van der Waals surface area contributed by atoms with Crippen LogP contribution in [0.15, 0.2) is 60.7 Å². The Balaban J connectivity index is 1.77. The molecule has 0 aromatic heterocycles. The first-order valence-corrected chi connectivity index (χ1v) is 10.2. The molecule has 0 aliphatic carbocycles.